The summed E-state index contributed by atoms with van der Waals surface area (Å²) >= 11 is -3.71. The molecule has 0 bridgehead atoms. The van der Waals surface area contributed by atoms with E-state index in [1.807, 2.05) is 0 Å². The van der Waals surface area contributed by atoms with E-state index in [9.17, 15) is 0 Å². The van der Waals surface area contributed by atoms with Crippen LogP contribution in [0.1, 0.15) is 40.5 Å². The Kier molecular flexibility index (Phi) is 7.90. The molecule has 0 radical (unpaired) electrons. The van der Waals surface area contributed by atoms with Crippen LogP contribution in [0.15, 0.2) is 0 Å². The second kappa shape index (κ2) is 7.39. The third-order valence-electron chi connectivity index (χ3n) is 3.55. The topological polar surface area (TPSA) is 9.23 Å². The zero-order valence-corrected chi connectivity index (χ0v) is 15.8. The molecule has 0 aromatic rings. The molecule has 15 heavy (non-hydrogen) atoms. The van der Waals surface area contributed by atoms with Crippen LogP contribution in [0.5, 0.6) is 0 Å². The Hall–Kier alpha value is 1.05. The molecule has 0 saturated heterocycles. The van der Waals surface area contributed by atoms with Gasteiger partial charge in [0.25, 0.3) is 0 Å². The molecule has 0 spiro atoms. The second-order valence-corrected chi connectivity index (χ2v) is 25.1. The van der Waals surface area contributed by atoms with Gasteiger partial charge < -0.3 is 0 Å². The fraction of sp³-hybridized carbons (Fsp3) is 1.00. The molecule has 0 aliphatic heterocycles. The molecule has 0 aromatic heterocycles. The van der Waals surface area contributed by atoms with E-state index in [0.717, 1.165) is 0 Å². The first-order chi connectivity index (χ1) is 6.95. The van der Waals surface area contributed by atoms with Crippen molar-refractivity contribution in [1.29, 1.82) is 0 Å². The van der Waals surface area contributed by atoms with Crippen LogP contribution < -0.4 is 0 Å². The standard InChI is InChI=1S/C12H30Ge2O/c1-7-11-14(6,12-8-2)15-13(5,9-3)10-4/h7-12H2,1-6H3. The zero-order valence-electron chi connectivity index (χ0n) is 11.7. The molecule has 0 aliphatic carbocycles. The molecule has 0 aliphatic rings. The third kappa shape index (κ3) is 5.78. The van der Waals surface area contributed by atoms with E-state index in [4.69, 9.17) is 2.79 Å². The van der Waals surface area contributed by atoms with Gasteiger partial charge in [0.05, 0.1) is 0 Å². The second-order valence-electron chi connectivity index (χ2n) is 5.21. The molecule has 0 amide bonds. The predicted octanol–water partition coefficient (Wildman–Crippen LogP) is 5.01. The van der Waals surface area contributed by atoms with E-state index >= 15 is 0 Å². The summed E-state index contributed by atoms with van der Waals surface area (Å²) in [4.78, 5) is 0. The Morgan fingerprint density at radius 2 is 1.13 bits per heavy atom. The molecule has 0 fully saturated rings. The van der Waals surface area contributed by atoms with Crippen LogP contribution in [0.2, 0.25) is 32.5 Å². The van der Waals surface area contributed by atoms with Gasteiger partial charge in [0.1, 0.15) is 0 Å². The predicted molar refractivity (Wildman–Crippen MR) is 75.5 cm³/mol. The quantitative estimate of drug-likeness (QED) is 0.566. The number of hydrogen-bond donors (Lipinski definition) is 0. The minimum absolute atomic E-state index is 1.32. The molecular weight excluding hydrogens is 305 g/mol. The van der Waals surface area contributed by atoms with Gasteiger partial charge in [0.2, 0.25) is 0 Å². The van der Waals surface area contributed by atoms with Crippen molar-refractivity contribution in [2.24, 2.45) is 0 Å². The fourth-order valence-corrected chi connectivity index (χ4v) is 30.2. The molecule has 0 saturated carbocycles. The van der Waals surface area contributed by atoms with Gasteiger partial charge in [-0.15, -0.1) is 0 Å². The SMILES string of the molecule is CC[CH2][Ge]([CH3])([CH2]CC)[O][Ge]([CH3])([CH2]C)[CH2]C. The average Bonchev–Trinajstić information content (AvgIpc) is 2.18. The molecule has 0 unspecified atom stereocenters. The Morgan fingerprint density at radius 1 is 0.733 bits per heavy atom. The fourth-order valence-electron chi connectivity index (χ4n) is 2.27. The van der Waals surface area contributed by atoms with E-state index in [0.29, 0.717) is 0 Å². The Morgan fingerprint density at radius 3 is 1.40 bits per heavy atom. The normalized spacial score (nSPS) is 13.2. The summed E-state index contributed by atoms with van der Waals surface area (Å²) in [6.45, 7) is 9.30. The van der Waals surface area contributed by atoms with E-state index in [1.54, 1.807) is 0 Å². The maximum atomic E-state index is 6.78. The third-order valence-corrected chi connectivity index (χ3v) is 29.2. The van der Waals surface area contributed by atoms with Crippen molar-refractivity contribution >= 4 is 27.2 Å². The molecule has 0 heterocycles. The van der Waals surface area contributed by atoms with Crippen molar-refractivity contribution in [3.8, 4) is 0 Å². The van der Waals surface area contributed by atoms with Gasteiger partial charge in [-0.2, -0.15) is 0 Å². The van der Waals surface area contributed by atoms with Gasteiger partial charge in [0.15, 0.2) is 0 Å². The average molecular weight is 336 g/mol. The van der Waals surface area contributed by atoms with Gasteiger partial charge in [-0.25, -0.2) is 0 Å². The summed E-state index contributed by atoms with van der Waals surface area (Å²) in [5, 5.41) is 5.50. The van der Waals surface area contributed by atoms with Gasteiger partial charge in [-0.3, -0.25) is 0 Å². The first-order valence-corrected chi connectivity index (χ1v) is 18.5. The van der Waals surface area contributed by atoms with Crippen molar-refractivity contribution in [2.45, 2.75) is 73.1 Å². The maximum absolute atomic E-state index is 6.78. The molecule has 0 aromatic carbocycles. The van der Waals surface area contributed by atoms with Gasteiger partial charge in [-0.1, -0.05) is 0 Å². The summed E-state index contributed by atoms with van der Waals surface area (Å²) in [6.07, 6.45) is 2.64. The van der Waals surface area contributed by atoms with Gasteiger partial charge >= 0.3 is 103 Å². The van der Waals surface area contributed by atoms with Gasteiger partial charge in [0, 0.05) is 0 Å². The zero-order chi connectivity index (χ0) is 11.9. The Labute approximate surface area is 103 Å². The first kappa shape index (κ1) is 16.0. The van der Waals surface area contributed by atoms with Crippen molar-refractivity contribution in [2.75, 3.05) is 0 Å². The van der Waals surface area contributed by atoms with E-state index < -0.39 is 27.2 Å². The number of hydrogen-bond acceptors (Lipinski definition) is 1. The van der Waals surface area contributed by atoms with Crippen molar-refractivity contribution in [3.63, 3.8) is 0 Å². The van der Waals surface area contributed by atoms with Crippen LogP contribution in [0.4, 0.5) is 0 Å². The summed E-state index contributed by atoms with van der Waals surface area (Å²) in [6, 6.07) is 0. The molecule has 0 N–H and O–H groups in total. The van der Waals surface area contributed by atoms with Crippen LogP contribution in [0, 0.1) is 0 Å². The van der Waals surface area contributed by atoms with Crippen LogP contribution in [-0.4, -0.2) is 27.2 Å². The molecule has 3 heteroatoms. The van der Waals surface area contributed by atoms with Crippen LogP contribution >= 0.6 is 0 Å². The monoisotopic (exact) mass is 338 g/mol. The van der Waals surface area contributed by atoms with Crippen LogP contribution in [0.3, 0.4) is 0 Å². The van der Waals surface area contributed by atoms with E-state index in [-0.39, 0.29) is 0 Å². The van der Waals surface area contributed by atoms with Crippen molar-refractivity contribution < 1.29 is 2.79 Å². The minimum atomic E-state index is -1.87. The van der Waals surface area contributed by atoms with Crippen molar-refractivity contribution in [1.82, 2.24) is 0 Å². The molecular formula is C12H30Ge2O. The summed E-state index contributed by atoms with van der Waals surface area (Å²) in [7, 11) is 0. The summed E-state index contributed by atoms with van der Waals surface area (Å²) < 4.78 is 6.78. The van der Waals surface area contributed by atoms with Crippen molar-refractivity contribution in [3.05, 3.63) is 0 Å². The Balaban J connectivity index is 4.50. The van der Waals surface area contributed by atoms with E-state index in [1.165, 1.54) is 33.9 Å². The molecule has 0 rings (SSSR count). The summed E-state index contributed by atoms with van der Waals surface area (Å²) in [5.74, 6) is 5.00. The van der Waals surface area contributed by atoms with Crippen LogP contribution in [-0.2, 0) is 2.79 Å². The van der Waals surface area contributed by atoms with E-state index in [2.05, 4.69) is 39.2 Å². The van der Waals surface area contributed by atoms with Crippen LogP contribution in [0.25, 0.3) is 0 Å². The Bertz CT molecular complexity index is 161. The summed E-state index contributed by atoms with van der Waals surface area (Å²) in [5.41, 5.74) is 0. The molecule has 1 nitrogen and oxygen atoms in total. The molecule has 92 valence electrons. The molecule has 0 atom stereocenters. The van der Waals surface area contributed by atoms with Gasteiger partial charge in [-0.05, 0) is 0 Å². The first-order valence-electron chi connectivity index (χ1n) is 6.65. The number of rotatable bonds is 8.